The Bertz CT molecular complexity index is 1500. The lowest BCUT2D eigenvalue weighted by molar-refractivity contribution is 0.0933. The van der Waals surface area contributed by atoms with Crippen molar-refractivity contribution in [3.63, 3.8) is 0 Å². The summed E-state index contributed by atoms with van der Waals surface area (Å²) in [5.74, 6) is 0.205. The van der Waals surface area contributed by atoms with Crippen LogP contribution in [0.2, 0.25) is 0 Å². The molecule has 7 rings (SSSR count). The molecule has 9 nitrogen and oxygen atoms in total. The minimum absolute atomic E-state index is 0.0273. The van der Waals surface area contributed by atoms with Crippen LogP contribution in [0, 0.1) is 0 Å². The molecule has 43 heavy (non-hydrogen) atoms. The van der Waals surface area contributed by atoms with Crippen molar-refractivity contribution in [3.8, 4) is 0 Å². The normalized spacial score (nSPS) is 24.0. The molecule has 0 radical (unpaired) electrons. The number of nitrogens with zero attached hydrogens (tertiary/aromatic N) is 4. The highest BCUT2D eigenvalue weighted by Crippen LogP contribution is 2.32. The third-order valence-electron chi connectivity index (χ3n) is 10.5. The van der Waals surface area contributed by atoms with Gasteiger partial charge in [0.1, 0.15) is 0 Å². The summed E-state index contributed by atoms with van der Waals surface area (Å²) in [5.41, 5.74) is 3.76. The van der Waals surface area contributed by atoms with Crippen molar-refractivity contribution >= 4 is 28.5 Å². The van der Waals surface area contributed by atoms with Gasteiger partial charge in [-0.3, -0.25) is 9.36 Å². The number of aromatic amines is 1. The van der Waals surface area contributed by atoms with E-state index in [9.17, 15) is 14.4 Å². The second-order valence-corrected chi connectivity index (χ2v) is 13.0. The van der Waals surface area contributed by atoms with E-state index in [4.69, 9.17) is 0 Å². The van der Waals surface area contributed by atoms with Crippen molar-refractivity contribution in [1.29, 1.82) is 0 Å². The van der Waals surface area contributed by atoms with Gasteiger partial charge in [0.25, 0.3) is 0 Å². The lowest BCUT2D eigenvalue weighted by Crippen LogP contribution is -2.50. The van der Waals surface area contributed by atoms with Gasteiger partial charge in [0.2, 0.25) is 0 Å². The number of carbonyl (C=O) groups excluding carboxylic acids is 2. The molecule has 0 bridgehead atoms. The molecular weight excluding hydrogens is 540 g/mol. The third-order valence-corrected chi connectivity index (χ3v) is 10.5. The van der Waals surface area contributed by atoms with E-state index in [-0.39, 0.29) is 23.5 Å². The van der Waals surface area contributed by atoms with Gasteiger partial charge in [-0.15, -0.1) is 0 Å². The van der Waals surface area contributed by atoms with Crippen LogP contribution >= 0.6 is 0 Å². The van der Waals surface area contributed by atoms with Gasteiger partial charge in [0.05, 0.1) is 23.1 Å². The van der Waals surface area contributed by atoms with Gasteiger partial charge in [0, 0.05) is 55.9 Å². The molecule has 3 aromatic rings. The number of hydrogen-bond acceptors (Lipinski definition) is 5. The maximum absolute atomic E-state index is 13.0. The largest absolute Gasteiger partial charge is 0.371 e. The van der Waals surface area contributed by atoms with Crippen LogP contribution in [0.25, 0.3) is 11.0 Å². The number of nitrogens with one attached hydrogen (secondary N) is 2. The summed E-state index contributed by atoms with van der Waals surface area (Å²) in [4.78, 5) is 48.2. The molecule has 9 heteroatoms. The number of benzene rings is 2. The number of ketones is 1. The van der Waals surface area contributed by atoms with E-state index in [1.54, 1.807) is 0 Å². The van der Waals surface area contributed by atoms with Crippen LogP contribution < -0.4 is 15.9 Å². The molecule has 1 aliphatic carbocycles. The van der Waals surface area contributed by atoms with E-state index >= 15 is 0 Å². The highest BCUT2D eigenvalue weighted by Gasteiger charge is 2.44. The SMILES string of the molecule is O=C(CCCN1CCC(N2C(=O)NC3CCCCC32)CC1)c1ccc(N2CCC(n3c(=O)[nH]c4ccccc43)CC2)cc1. The molecule has 2 N–H and O–H groups in total. The Morgan fingerprint density at radius 1 is 0.814 bits per heavy atom. The van der Waals surface area contributed by atoms with Gasteiger partial charge in [-0.1, -0.05) is 25.0 Å². The van der Waals surface area contributed by atoms with E-state index < -0.39 is 0 Å². The number of urea groups is 1. The number of imidazole rings is 1. The van der Waals surface area contributed by atoms with Gasteiger partial charge in [0.15, 0.2) is 5.78 Å². The Kier molecular flexibility index (Phi) is 7.99. The van der Waals surface area contributed by atoms with Gasteiger partial charge in [-0.25, -0.2) is 9.59 Å². The Hall–Kier alpha value is -3.59. The minimum Gasteiger partial charge on any atom is -0.371 e. The first kappa shape index (κ1) is 28.2. The summed E-state index contributed by atoms with van der Waals surface area (Å²) in [5, 5.41) is 3.23. The molecule has 4 heterocycles. The molecule has 3 aliphatic heterocycles. The molecule has 2 aromatic carbocycles. The monoisotopic (exact) mass is 584 g/mol. The van der Waals surface area contributed by atoms with Gasteiger partial charge < -0.3 is 25.0 Å². The van der Waals surface area contributed by atoms with Crippen LogP contribution in [0.1, 0.15) is 80.6 Å². The van der Waals surface area contributed by atoms with Crippen LogP contribution in [0.5, 0.6) is 0 Å². The molecule has 1 aromatic heterocycles. The standard InChI is InChI=1S/C34H44N6O3/c41-32(10-5-19-37-20-15-26(16-21-37)39-30-8-3-1-6-28(30)35-33(39)42)24-11-13-25(14-12-24)38-22-17-27(18-23-38)40-31-9-4-2-7-29(31)36-34(40)43/h2,4,7,9,11-14,26-28,30H,1,3,5-6,8,10,15-23H2,(H,35,42)(H,36,43). The van der Waals surface area contributed by atoms with E-state index in [1.807, 2.05) is 41.0 Å². The first-order chi connectivity index (χ1) is 21.0. The molecule has 2 unspecified atom stereocenters. The fourth-order valence-corrected chi connectivity index (χ4v) is 8.14. The zero-order chi connectivity index (χ0) is 29.3. The summed E-state index contributed by atoms with van der Waals surface area (Å²) in [6.45, 7) is 4.69. The van der Waals surface area contributed by atoms with Crippen molar-refractivity contribution in [2.45, 2.75) is 88.4 Å². The molecule has 4 fully saturated rings. The van der Waals surface area contributed by atoms with Crippen molar-refractivity contribution in [3.05, 3.63) is 64.6 Å². The summed E-state index contributed by atoms with van der Waals surface area (Å²) in [7, 11) is 0. The van der Waals surface area contributed by atoms with Crippen LogP contribution in [0.3, 0.4) is 0 Å². The van der Waals surface area contributed by atoms with Gasteiger partial charge in [-0.05, 0) is 87.9 Å². The number of rotatable bonds is 8. The molecule has 2 atom stereocenters. The number of Topliss-reactive ketones (excluding diaryl/α,β-unsaturated/α-hetero) is 1. The summed E-state index contributed by atoms with van der Waals surface area (Å²) >= 11 is 0. The number of fused-ring (bicyclic) bond motifs is 2. The second kappa shape index (κ2) is 12.2. The summed E-state index contributed by atoms with van der Waals surface area (Å²) in [6, 6.07) is 17.4. The van der Waals surface area contributed by atoms with E-state index in [0.29, 0.717) is 24.5 Å². The maximum Gasteiger partial charge on any atom is 0.326 e. The highest BCUT2D eigenvalue weighted by molar-refractivity contribution is 5.96. The average Bonchev–Trinajstić information content (AvgIpc) is 3.56. The van der Waals surface area contributed by atoms with Crippen molar-refractivity contribution in [2.24, 2.45) is 0 Å². The maximum atomic E-state index is 13.0. The van der Waals surface area contributed by atoms with Gasteiger partial charge in [-0.2, -0.15) is 0 Å². The number of amides is 2. The second-order valence-electron chi connectivity index (χ2n) is 13.0. The van der Waals surface area contributed by atoms with Crippen LogP contribution in [-0.2, 0) is 0 Å². The van der Waals surface area contributed by atoms with E-state index in [2.05, 4.69) is 37.1 Å². The number of hydrogen-bond donors (Lipinski definition) is 2. The first-order valence-corrected chi connectivity index (χ1v) is 16.4. The molecule has 2 amide bonds. The number of H-pyrrole nitrogens is 1. The Balaban J connectivity index is 0.853. The van der Waals surface area contributed by atoms with Crippen LogP contribution in [0.15, 0.2) is 53.3 Å². The molecular formula is C34H44N6O3. The lowest BCUT2D eigenvalue weighted by atomic mass is 9.89. The zero-order valence-electron chi connectivity index (χ0n) is 25.0. The Morgan fingerprint density at radius 3 is 2.33 bits per heavy atom. The minimum atomic E-state index is -0.0273. The van der Waals surface area contributed by atoms with Crippen LogP contribution in [0.4, 0.5) is 10.5 Å². The topological polar surface area (TPSA) is 93.7 Å². The number of carbonyl (C=O) groups is 2. The predicted octanol–water partition coefficient (Wildman–Crippen LogP) is 4.93. The third kappa shape index (κ3) is 5.71. The van der Waals surface area contributed by atoms with Gasteiger partial charge >= 0.3 is 11.7 Å². The molecule has 3 saturated heterocycles. The Labute approximate surface area is 253 Å². The number of likely N-dealkylation sites (tertiary alicyclic amines) is 1. The molecule has 0 spiro atoms. The lowest BCUT2D eigenvalue weighted by Gasteiger charge is -2.40. The Morgan fingerprint density at radius 2 is 1.53 bits per heavy atom. The number of aromatic nitrogens is 2. The fourth-order valence-electron chi connectivity index (χ4n) is 8.14. The number of para-hydroxylation sites is 2. The molecule has 228 valence electrons. The van der Waals surface area contributed by atoms with Crippen molar-refractivity contribution in [1.82, 2.24) is 24.7 Å². The summed E-state index contributed by atoms with van der Waals surface area (Å²) < 4.78 is 1.92. The van der Waals surface area contributed by atoms with E-state index in [0.717, 1.165) is 100.0 Å². The first-order valence-electron chi connectivity index (χ1n) is 16.4. The van der Waals surface area contributed by atoms with Crippen molar-refractivity contribution in [2.75, 3.05) is 37.6 Å². The summed E-state index contributed by atoms with van der Waals surface area (Å²) in [6.07, 6.45) is 10.0. The highest BCUT2D eigenvalue weighted by atomic mass is 16.2. The van der Waals surface area contributed by atoms with Crippen LogP contribution in [-0.4, -0.2) is 82.0 Å². The average molecular weight is 585 g/mol. The predicted molar refractivity (Wildman–Crippen MR) is 169 cm³/mol. The molecule has 4 aliphatic rings. The fraction of sp³-hybridized carbons (Fsp3) is 0.559. The van der Waals surface area contributed by atoms with Crippen molar-refractivity contribution < 1.29 is 9.59 Å². The zero-order valence-corrected chi connectivity index (χ0v) is 25.0. The molecule has 1 saturated carbocycles. The smallest absolute Gasteiger partial charge is 0.326 e. The number of anilines is 1. The number of piperidine rings is 2. The van der Waals surface area contributed by atoms with E-state index in [1.165, 1.54) is 12.8 Å². The quantitative estimate of drug-likeness (QED) is 0.366.